The van der Waals surface area contributed by atoms with Gasteiger partial charge in [0, 0.05) is 6.20 Å². The Bertz CT molecular complexity index is 722. The summed E-state index contributed by atoms with van der Waals surface area (Å²) in [6, 6.07) is 3.21. The molecule has 5 rings (SSSR count). The molecule has 7 heteroatoms. The third kappa shape index (κ3) is 3.21. The Hall–Kier alpha value is -1.66. The molecule has 0 spiro atoms. The van der Waals surface area contributed by atoms with Crippen LogP contribution in [0.2, 0.25) is 5.02 Å². The van der Waals surface area contributed by atoms with Gasteiger partial charge in [-0.05, 0) is 69.4 Å². The van der Waals surface area contributed by atoms with Gasteiger partial charge in [-0.3, -0.25) is 9.59 Å². The summed E-state index contributed by atoms with van der Waals surface area (Å²) in [5.41, 5.74) is -1.37. The van der Waals surface area contributed by atoms with Crippen LogP contribution in [0, 0.1) is 17.3 Å². The molecule has 0 aliphatic heterocycles. The number of anilines is 1. The second kappa shape index (κ2) is 6.20. The predicted octanol–water partition coefficient (Wildman–Crippen LogP) is 2.94. The van der Waals surface area contributed by atoms with Gasteiger partial charge in [-0.1, -0.05) is 11.6 Å². The summed E-state index contributed by atoms with van der Waals surface area (Å²) in [7, 11) is 0. The first-order valence-corrected chi connectivity index (χ1v) is 9.51. The number of nitrogens with one attached hydrogen (secondary N) is 1. The average molecular weight is 379 g/mol. The van der Waals surface area contributed by atoms with Crippen LogP contribution in [0.1, 0.15) is 45.4 Å². The number of carbonyl (C=O) groups excluding carboxylic acids is 2. The fraction of sp³-hybridized carbons (Fsp3) is 0.632. The molecule has 140 valence electrons. The number of aromatic nitrogens is 1. The SMILES string of the molecule is C[C@H](OC(=O)C12C[C@@H]3C[C@@H](CC(O)(C3)C1)C2)C(=O)Nc1ccc(Cl)cn1. The number of pyridine rings is 1. The molecule has 1 amide bonds. The van der Waals surface area contributed by atoms with Crippen molar-refractivity contribution in [2.24, 2.45) is 17.3 Å². The maximum Gasteiger partial charge on any atom is 0.312 e. The lowest BCUT2D eigenvalue weighted by Gasteiger charge is -2.58. The molecule has 0 radical (unpaired) electrons. The minimum Gasteiger partial charge on any atom is -0.452 e. The molecule has 1 aromatic rings. The fourth-order valence-electron chi connectivity index (χ4n) is 5.47. The van der Waals surface area contributed by atoms with Crippen LogP contribution in [0.15, 0.2) is 18.3 Å². The number of hydrogen-bond donors (Lipinski definition) is 2. The van der Waals surface area contributed by atoms with E-state index < -0.39 is 23.0 Å². The highest BCUT2D eigenvalue weighted by Crippen LogP contribution is 2.62. The van der Waals surface area contributed by atoms with E-state index in [0.29, 0.717) is 29.1 Å². The van der Waals surface area contributed by atoms with Gasteiger partial charge in [0.1, 0.15) is 5.82 Å². The first-order valence-electron chi connectivity index (χ1n) is 9.13. The molecule has 2 unspecified atom stereocenters. The number of rotatable bonds is 4. The molecular weight excluding hydrogens is 356 g/mol. The van der Waals surface area contributed by atoms with Crippen molar-refractivity contribution >= 4 is 29.3 Å². The van der Waals surface area contributed by atoms with Gasteiger partial charge in [-0.25, -0.2) is 4.98 Å². The summed E-state index contributed by atoms with van der Waals surface area (Å²) in [5.74, 6) is 0.340. The number of ether oxygens (including phenoxy) is 1. The van der Waals surface area contributed by atoms with Crippen molar-refractivity contribution in [2.75, 3.05) is 5.32 Å². The monoisotopic (exact) mass is 378 g/mol. The van der Waals surface area contributed by atoms with Gasteiger partial charge >= 0.3 is 5.97 Å². The van der Waals surface area contributed by atoms with Gasteiger partial charge < -0.3 is 15.2 Å². The zero-order valence-electron chi connectivity index (χ0n) is 14.7. The van der Waals surface area contributed by atoms with E-state index >= 15 is 0 Å². The quantitative estimate of drug-likeness (QED) is 0.786. The Balaban J connectivity index is 1.41. The molecule has 1 aromatic heterocycles. The lowest BCUT2D eigenvalue weighted by atomic mass is 9.48. The second-order valence-electron chi connectivity index (χ2n) is 8.36. The summed E-state index contributed by atoms with van der Waals surface area (Å²) in [4.78, 5) is 29.2. The fourth-order valence-corrected chi connectivity index (χ4v) is 5.58. The molecule has 4 saturated carbocycles. The van der Waals surface area contributed by atoms with Crippen molar-refractivity contribution in [1.82, 2.24) is 4.98 Å². The van der Waals surface area contributed by atoms with Gasteiger partial charge in [0.2, 0.25) is 0 Å². The van der Waals surface area contributed by atoms with Crippen LogP contribution in [0.3, 0.4) is 0 Å². The van der Waals surface area contributed by atoms with E-state index in [2.05, 4.69) is 10.3 Å². The van der Waals surface area contributed by atoms with Crippen molar-refractivity contribution < 1.29 is 19.4 Å². The third-order valence-corrected chi connectivity index (χ3v) is 6.32. The van der Waals surface area contributed by atoms with E-state index in [1.54, 1.807) is 19.1 Å². The summed E-state index contributed by atoms with van der Waals surface area (Å²) in [5, 5.41) is 13.9. The van der Waals surface area contributed by atoms with E-state index in [1.807, 2.05) is 0 Å². The molecule has 4 aliphatic carbocycles. The van der Waals surface area contributed by atoms with E-state index in [9.17, 15) is 14.7 Å². The highest BCUT2D eigenvalue weighted by atomic mass is 35.5. The second-order valence-corrected chi connectivity index (χ2v) is 8.80. The maximum absolute atomic E-state index is 12.9. The minimum absolute atomic E-state index is 0.350. The number of amides is 1. The Morgan fingerprint density at radius 3 is 2.58 bits per heavy atom. The summed E-state index contributed by atoms with van der Waals surface area (Å²) in [6.45, 7) is 1.55. The Morgan fingerprint density at radius 1 is 1.31 bits per heavy atom. The van der Waals surface area contributed by atoms with E-state index in [1.165, 1.54) is 6.20 Å². The minimum atomic E-state index is -0.928. The summed E-state index contributed by atoms with van der Waals surface area (Å²) in [6.07, 6.45) is 5.16. The van der Waals surface area contributed by atoms with Crippen LogP contribution >= 0.6 is 11.6 Å². The highest BCUT2D eigenvalue weighted by molar-refractivity contribution is 6.30. The number of hydrogen-bond acceptors (Lipinski definition) is 5. The zero-order valence-corrected chi connectivity index (χ0v) is 15.5. The Morgan fingerprint density at radius 2 is 2.00 bits per heavy atom. The van der Waals surface area contributed by atoms with Gasteiger partial charge in [0.25, 0.3) is 5.91 Å². The Kier molecular flexibility index (Phi) is 4.23. The molecule has 0 saturated heterocycles. The molecule has 6 nitrogen and oxygen atoms in total. The van der Waals surface area contributed by atoms with Crippen molar-refractivity contribution in [3.63, 3.8) is 0 Å². The summed E-state index contributed by atoms with van der Waals surface area (Å²) < 4.78 is 5.52. The van der Waals surface area contributed by atoms with Gasteiger partial charge in [-0.15, -0.1) is 0 Å². The largest absolute Gasteiger partial charge is 0.452 e. The number of nitrogens with zero attached hydrogens (tertiary/aromatic N) is 1. The topological polar surface area (TPSA) is 88.5 Å². The number of carbonyl (C=O) groups is 2. The first kappa shape index (κ1) is 17.7. The molecule has 4 fully saturated rings. The lowest BCUT2D eigenvalue weighted by molar-refractivity contribution is -0.199. The standard InChI is InChI=1S/C19H23ClN2O4/c1-11(16(23)22-15-3-2-14(20)9-21-15)26-17(24)18-5-12-4-13(6-18)8-19(25,7-12)10-18/h2-3,9,11-13,25H,4-8,10H2,1H3,(H,21,22,23)/t11-,12-,13+,18?,19?/m0/s1. The molecule has 2 N–H and O–H groups in total. The molecule has 5 atom stereocenters. The first-order chi connectivity index (χ1) is 12.3. The average Bonchev–Trinajstić information content (AvgIpc) is 2.54. The Labute approximate surface area is 157 Å². The third-order valence-electron chi connectivity index (χ3n) is 6.09. The number of esters is 1. The van der Waals surface area contributed by atoms with E-state index in [-0.39, 0.29) is 5.97 Å². The molecule has 0 aromatic carbocycles. The molecule has 4 bridgehead atoms. The van der Waals surface area contributed by atoms with Crippen LogP contribution < -0.4 is 5.32 Å². The van der Waals surface area contributed by atoms with E-state index in [4.69, 9.17) is 16.3 Å². The van der Waals surface area contributed by atoms with Crippen molar-refractivity contribution in [3.8, 4) is 0 Å². The smallest absolute Gasteiger partial charge is 0.312 e. The molecule has 4 aliphatic rings. The number of aliphatic hydroxyl groups is 1. The van der Waals surface area contributed by atoms with Crippen molar-refractivity contribution in [1.29, 1.82) is 0 Å². The van der Waals surface area contributed by atoms with Crippen molar-refractivity contribution in [2.45, 2.75) is 57.2 Å². The van der Waals surface area contributed by atoms with Gasteiger partial charge in [0.15, 0.2) is 6.10 Å². The predicted molar refractivity (Wildman–Crippen MR) is 95.5 cm³/mol. The molecular formula is C19H23ClN2O4. The normalized spacial score (nSPS) is 35.8. The lowest BCUT2D eigenvalue weighted by Crippen LogP contribution is -2.59. The van der Waals surface area contributed by atoms with Gasteiger partial charge in [-0.2, -0.15) is 0 Å². The number of halogens is 1. The van der Waals surface area contributed by atoms with Gasteiger partial charge in [0.05, 0.1) is 16.0 Å². The van der Waals surface area contributed by atoms with Crippen LogP contribution in [0.5, 0.6) is 0 Å². The van der Waals surface area contributed by atoms with Crippen LogP contribution in [0.25, 0.3) is 0 Å². The zero-order chi connectivity index (χ0) is 18.5. The van der Waals surface area contributed by atoms with E-state index in [0.717, 1.165) is 32.1 Å². The van der Waals surface area contributed by atoms with Crippen LogP contribution in [-0.2, 0) is 14.3 Å². The molecule has 1 heterocycles. The highest BCUT2D eigenvalue weighted by Gasteiger charge is 2.61. The van der Waals surface area contributed by atoms with Crippen LogP contribution in [-0.4, -0.2) is 33.7 Å². The summed E-state index contributed by atoms with van der Waals surface area (Å²) >= 11 is 5.78. The van der Waals surface area contributed by atoms with Crippen molar-refractivity contribution in [3.05, 3.63) is 23.4 Å². The maximum atomic E-state index is 12.9. The molecule has 26 heavy (non-hydrogen) atoms. The van der Waals surface area contributed by atoms with Crippen LogP contribution in [0.4, 0.5) is 5.82 Å².